The maximum Gasteiger partial charge on any atom is 0.230 e. The Bertz CT molecular complexity index is 472. The zero-order valence-corrected chi connectivity index (χ0v) is 12.2. The second-order valence-corrected chi connectivity index (χ2v) is 5.61. The molecule has 7 heteroatoms. The monoisotopic (exact) mass is 297 g/mol. The van der Waals surface area contributed by atoms with Gasteiger partial charge in [0.1, 0.15) is 5.82 Å². The van der Waals surface area contributed by atoms with Crippen molar-refractivity contribution in [2.45, 2.75) is 37.6 Å². The minimum Gasteiger partial charge on any atom is -0.378 e. The molecule has 0 atom stereocenters. The van der Waals surface area contributed by atoms with E-state index in [2.05, 4.69) is 25.2 Å². The largest absolute Gasteiger partial charge is 0.378 e. The van der Waals surface area contributed by atoms with Gasteiger partial charge in [0.2, 0.25) is 11.9 Å². The van der Waals surface area contributed by atoms with Gasteiger partial charge in [0.05, 0.1) is 13.2 Å². The summed E-state index contributed by atoms with van der Waals surface area (Å²) in [6.45, 7) is 3.26. The van der Waals surface area contributed by atoms with E-state index in [0.29, 0.717) is 12.0 Å². The van der Waals surface area contributed by atoms with Crippen molar-refractivity contribution in [2.24, 2.45) is 0 Å². The van der Waals surface area contributed by atoms with E-state index in [-0.39, 0.29) is 12.4 Å². The highest BCUT2D eigenvalue weighted by Gasteiger charge is 2.30. The fourth-order valence-corrected chi connectivity index (χ4v) is 2.28. The van der Waals surface area contributed by atoms with Crippen LogP contribution >= 0.6 is 12.4 Å². The lowest BCUT2D eigenvalue weighted by molar-refractivity contribution is 0.122. The van der Waals surface area contributed by atoms with Crippen molar-refractivity contribution in [3.8, 4) is 0 Å². The summed E-state index contributed by atoms with van der Waals surface area (Å²) in [7, 11) is 0. The van der Waals surface area contributed by atoms with Crippen molar-refractivity contribution >= 4 is 24.3 Å². The summed E-state index contributed by atoms with van der Waals surface area (Å²) < 4.78 is 5.39. The standard InChI is InChI=1S/C13H19N5O.ClH/c1-2-9(1)11-15-12(14-10-3-4-10)17-13(16-11)18-5-7-19-8-6-18;/h9-10H,1-8H2,(H,14,15,16,17);1H. The maximum absolute atomic E-state index is 5.39. The molecule has 0 radical (unpaired) electrons. The number of nitrogens with one attached hydrogen (secondary N) is 1. The highest BCUT2D eigenvalue weighted by Crippen LogP contribution is 2.39. The first-order chi connectivity index (χ1) is 9.38. The Hall–Kier alpha value is -1.14. The highest BCUT2D eigenvalue weighted by atomic mass is 35.5. The van der Waals surface area contributed by atoms with Gasteiger partial charge >= 0.3 is 0 Å². The molecule has 0 amide bonds. The quantitative estimate of drug-likeness (QED) is 0.910. The minimum absolute atomic E-state index is 0. The van der Waals surface area contributed by atoms with E-state index in [9.17, 15) is 0 Å². The molecule has 0 spiro atoms. The summed E-state index contributed by atoms with van der Waals surface area (Å²) in [6.07, 6.45) is 4.90. The van der Waals surface area contributed by atoms with Crippen LogP contribution < -0.4 is 10.2 Å². The van der Waals surface area contributed by atoms with Gasteiger partial charge in [-0.2, -0.15) is 15.0 Å². The number of rotatable bonds is 4. The fourth-order valence-electron chi connectivity index (χ4n) is 2.28. The normalized spacial score (nSPS) is 22.3. The highest BCUT2D eigenvalue weighted by molar-refractivity contribution is 5.85. The Balaban J connectivity index is 0.00000121. The summed E-state index contributed by atoms with van der Waals surface area (Å²) in [4.78, 5) is 16.0. The average Bonchev–Trinajstić information content (AvgIpc) is 3.33. The molecular weight excluding hydrogens is 278 g/mol. The first kappa shape index (κ1) is 13.8. The third kappa shape index (κ3) is 3.12. The van der Waals surface area contributed by atoms with Crippen LogP contribution in [0.2, 0.25) is 0 Å². The van der Waals surface area contributed by atoms with Gasteiger partial charge in [-0.15, -0.1) is 12.4 Å². The molecule has 2 aliphatic carbocycles. The number of nitrogens with zero attached hydrogens (tertiary/aromatic N) is 4. The number of halogens is 1. The summed E-state index contributed by atoms with van der Waals surface area (Å²) in [5.74, 6) is 3.12. The summed E-state index contributed by atoms with van der Waals surface area (Å²) in [5, 5.41) is 3.40. The van der Waals surface area contributed by atoms with Crippen molar-refractivity contribution in [3.05, 3.63) is 5.82 Å². The second-order valence-electron chi connectivity index (χ2n) is 5.61. The smallest absolute Gasteiger partial charge is 0.230 e. The van der Waals surface area contributed by atoms with Crippen LogP contribution in [0.5, 0.6) is 0 Å². The van der Waals surface area contributed by atoms with Gasteiger partial charge in [0, 0.05) is 25.0 Å². The van der Waals surface area contributed by atoms with E-state index >= 15 is 0 Å². The van der Waals surface area contributed by atoms with E-state index in [1.807, 2.05) is 0 Å². The molecule has 3 aliphatic rings. The summed E-state index contributed by atoms with van der Waals surface area (Å²) in [6, 6.07) is 0.576. The molecule has 6 nitrogen and oxygen atoms in total. The summed E-state index contributed by atoms with van der Waals surface area (Å²) >= 11 is 0. The first-order valence-electron chi connectivity index (χ1n) is 7.24. The molecule has 0 bridgehead atoms. The predicted molar refractivity (Wildman–Crippen MR) is 78.7 cm³/mol. The minimum atomic E-state index is 0. The SMILES string of the molecule is C1CN(c2nc(NC3CC3)nc(C3CC3)n2)CCO1.Cl. The third-order valence-corrected chi connectivity index (χ3v) is 3.79. The van der Waals surface area contributed by atoms with Crippen LogP contribution in [0.3, 0.4) is 0 Å². The number of hydrogen-bond acceptors (Lipinski definition) is 6. The second kappa shape index (κ2) is 5.69. The van der Waals surface area contributed by atoms with E-state index < -0.39 is 0 Å². The molecule has 2 saturated carbocycles. The molecule has 0 aromatic carbocycles. The van der Waals surface area contributed by atoms with Crippen LogP contribution in [0.1, 0.15) is 37.4 Å². The Morgan fingerprint density at radius 2 is 1.75 bits per heavy atom. The van der Waals surface area contributed by atoms with E-state index in [1.54, 1.807) is 0 Å². The molecule has 1 N–H and O–H groups in total. The molecule has 2 heterocycles. The molecule has 3 fully saturated rings. The van der Waals surface area contributed by atoms with Crippen LogP contribution in [0.25, 0.3) is 0 Å². The van der Waals surface area contributed by atoms with Crippen LogP contribution in [0, 0.1) is 0 Å². The zero-order chi connectivity index (χ0) is 12.7. The molecule has 1 aromatic rings. The van der Waals surface area contributed by atoms with Gasteiger partial charge in [0.25, 0.3) is 0 Å². The maximum atomic E-state index is 5.39. The van der Waals surface area contributed by atoms with Crippen molar-refractivity contribution in [1.82, 2.24) is 15.0 Å². The lowest BCUT2D eigenvalue weighted by Crippen LogP contribution is -2.37. The van der Waals surface area contributed by atoms with Crippen molar-refractivity contribution in [2.75, 3.05) is 36.5 Å². The van der Waals surface area contributed by atoms with Gasteiger partial charge in [-0.25, -0.2) is 0 Å². The molecule has 1 saturated heterocycles. The van der Waals surface area contributed by atoms with Crippen molar-refractivity contribution < 1.29 is 4.74 Å². The van der Waals surface area contributed by atoms with Gasteiger partial charge in [-0.05, 0) is 25.7 Å². The third-order valence-electron chi connectivity index (χ3n) is 3.79. The topological polar surface area (TPSA) is 63.2 Å². The predicted octanol–water partition coefficient (Wildman–Crippen LogP) is 1.58. The van der Waals surface area contributed by atoms with Gasteiger partial charge in [0.15, 0.2) is 0 Å². The van der Waals surface area contributed by atoms with Crippen LogP contribution in [-0.2, 0) is 4.74 Å². The van der Waals surface area contributed by atoms with Gasteiger partial charge in [-0.1, -0.05) is 0 Å². The van der Waals surface area contributed by atoms with Crippen LogP contribution in [0.4, 0.5) is 11.9 Å². The Labute approximate surface area is 124 Å². The average molecular weight is 298 g/mol. The van der Waals surface area contributed by atoms with E-state index in [0.717, 1.165) is 44.0 Å². The molecule has 110 valence electrons. The first-order valence-corrected chi connectivity index (χ1v) is 7.24. The lowest BCUT2D eigenvalue weighted by atomic mass is 10.4. The number of ether oxygens (including phenoxy) is 1. The van der Waals surface area contributed by atoms with E-state index in [4.69, 9.17) is 4.74 Å². The molecule has 1 aromatic heterocycles. The van der Waals surface area contributed by atoms with Crippen molar-refractivity contribution in [3.63, 3.8) is 0 Å². The molecule has 20 heavy (non-hydrogen) atoms. The number of aromatic nitrogens is 3. The number of hydrogen-bond donors (Lipinski definition) is 1. The van der Waals surface area contributed by atoms with Crippen molar-refractivity contribution in [1.29, 1.82) is 0 Å². The Morgan fingerprint density at radius 3 is 2.40 bits per heavy atom. The molecule has 4 rings (SSSR count). The lowest BCUT2D eigenvalue weighted by Gasteiger charge is -2.27. The Kier molecular flexibility index (Phi) is 3.94. The van der Waals surface area contributed by atoms with Gasteiger partial charge in [-0.3, -0.25) is 0 Å². The van der Waals surface area contributed by atoms with Crippen LogP contribution in [-0.4, -0.2) is 47.3 Å². The number of anilines is 2. The van der Waals surface area contributed by atoms with E-state index in [1.165, 1.54) is 25.7 Å². The fraction of sp³-hybridized carbons (Fsp3) is 0.769. The molecule has 0 unspecified atom stereocenters. The van der Waals surface area contributed by atoms with Gasteiger partial charge < -0.3 is 15.0 Å². The zero-order valence-electron chi connectivity index (χ0n) is 11.4. The molecule has 1 aliphatic heterocycles. The number of morpholine rings is 1. The summed E-state index contributed by atoms with van der Waals surface area (Å²) in [5.41, 5.74) is 0. The molecular formula is C13H20ClN5O. The van der Waals surface area contributed by atoms with Crippen LogP contribution in [0.15, 0.2) is 0 Å². The Morgan fingerprint density at radius 1 is 1.00 bits per heavy atom.